The lowest BCUT2D eigenvalue weighted by Crippen LogP contribution is -2.45. The summed E-state index contributed by atoms with van der Waals surface area (Å²) in [7, 11) is 3.60. The first-order valence-electron chi connectivity index (χ1n) is 9.04. The normalized spacial score (nSPS) is 19.0. The van der Waals surface area contributed by atoms with E-state index in [1.165, 1.54) is 0 Å². The number of anilines is 1. The highest BCUT2D eigenvalue weighted by molar-refractivity contribution is 6.09. The lowest BCUT2D eigenvalue weighted by molar-refractivity contribution is -0.136. The zero-order valence-corrected chi connectivity index (χ0v) is 15.9. The summed E-state index contributed by atoms with van der Waals surface area (Å²) < 4.78 is 0. The number of carbonyl (C=O) groups is 2. The summed E-state index contributed by atoms with van der Waals surface area (Å²) in [6, 6.07) is 17.9. The molecule has 1 aliphatic rings. The Bertz CT molecular complexity index is 816. The first-order valence-corrected chi connectivity index (χ1v) is 9.04. The van der Waals surface area contributed by atoms with E-state index in [1.54, 1.807) is 23.9 Å². The van der Waals surface area contributed by atoms with Crippen molar-refractivity contribution in [2.45, 2.75) is 38.1 Å². The van der Waals surface area contributed by atoms with Crippen LogP contribution < -0.4 is 4.90 Å². The molecule has 2 amide bonds. The zero-order chi connectivity index (χ0) is 18.9. The van der Waals surface area contributed by atoms with E-state index in [2.05, 4.69) is 0 Å². The van der Waals surface area contributed by atoms with Gasteiger partial charge in [0.1, 0.15) is 0 Å². The van der Waals surface area contributed by atoms with Crippen molar-refractivity contribution in [3.8, 4) is 0 Å². The lowest BCUT2D eigenvalue weighted by atomic mass is 9.73. The fourth-order valence-corrected chi connectivity index (χ4v) is 3.74. The topological polar surface area (TPSA) is 40.6 Å². The molecule has 4 heteroatoms. The van der Waals surface area contributed by atoms with Crippen molar-refractivity contribution >= 4 is 17.5 Å². The van der Waals surface area contributed by atoms with Crippen LogP contribution in [0.15, 0.2) is 54.6 Å². The number of para-hydroxylation sites is 1. The molecule has 0 saturated carbocycles. The number of nitrogens with zero attached hydrogens (tertiary/aromatic N) is 2. The molecule has 26 heavy (non-hydrogen) atoms. The Morgan fingerprint density at radius 2 is 1.69 bits per heavy atom. The van der Waals surface area contributed by atoms with E-state index in [0.717, 1.165) is 16.8 Å². The van der Waals surface area contributed by atoms with Crippen molar-refractivity contribution in [2.75, 3.05) is 19.0 Å². The van der Waals surface area contributed by atoms with Crippen LogP contribution in [0.3, 0.4) is 0 Å². The molecule has 0 aliphatic carbocycles. The van der Waals surface area contributed by atoms with Crippen LogP contribution in [0.5, 0.6) is 0 Å². The Morgan fingerprint density at radius 1 is 1.08 bits per heavy atom. The van der Waals surface area contributed by atoms with Crippen LogP contribution in [0.2, 0.25) is 0 Å². The number of hydrogen-bond acceptors (Lipinski definition) is 2. The average Bonchev–Trinajstić information content (AvgIpc) is 2.84. The Morgan fingerprint density at radius 3 is 2.35 bits per heavy atom. The minimum Gasteiger partial charge on any atom is -0.343 e. The predicted octanol–water partition coefficient (Wildman–Crippen LogP) is 3.40. The highest BCUT2D eigenvalue weighted by Crippen LogP contribution is 2.45. The molecule has 0 unspecified atom stereocenters. The standard InChI is InChI=1S/C22H26N2O2/c1-16(2)23(3)20(25)15-22(14-17-10-6-5-7-11-17)18-12-8-9-13-19(18)24(4)21(22)26/h5-13,16H,14-15H2,1-4H3/t22-/m0/s1. The highest BCUT2D eigenvalue weighted by atomic mass is 16.2. The SMILES string of the molecule is CC(C)N(C)C(=O)C[C@]1(Cc2ccccc2)C(=O)N(C)c2ccccc21. The number of benzene rings is 2. The molecule has 1 aliphatic heterocycles. The Labute approximate surface area is 155 Å². The van der Waals surface area contributed by atoms with Gasteiger partial charge in [-0.15, -0.1) is 0 Å². The molecule has 2 aromatic carbocycles. The fraction of sp³-hybridized carbons (Fsp3) is 0.364. The van der Waals surface area contributed by atoms with Gasteiger partial charge in [-0.2, -0.15) is 0 Å². The van der Waals surface area contributed by atoms with Gasteiger partial charge in [-0.3, -0.25) is 9.59 Å². The van der Waals surface area contributed by atoms with Crippen molar-refractivity contribution in [2.24, 2.45) is 0 Å². The van der Waals surface area contributed by atoms with Gasteiger partial charge in [0, 0.05) is 32.2 Å². The highest BCUT2D eigenvalue weighted by Gasteiger charge is 2.51. The maximum Gasteiger partial charge on any atom is 0.238 e. The summed E-state index contributed by atoms with van der Waals surface area (Å²) in [5.41, 5.74) is 2.05. The van der Waals surface area contributed by atoms with Gasteiger partial charge < -0.3 is 9.80 Å². The molecule has 0 spiro atoms. The molecule has 1 heterocycles. The third-order valence-corrected chi connectivity index (χ3v) is 5.46. The van der Waals surface area contributed by atoms with Gasteiger partial charge in [-0.05, 0) is 37.5 Å². The number of rotatable bonds is 5. The third-order valence-electron chi connectivity index (χ3n) is 5.46. The van der Waals surface area contributed by atoms with Gasteiger partial charge in [-0.1, -0.05) is 48.5 Å². The summed E-state index contributed by atoms with van der Waals surface area (Å²) in [5, 5.41) is 0. The van der Waals surface area contributed by atoms with Crippen molar-refractivity contribution in [1.82, 2.24) is 4.90 Å². The van der Waals surface area contributed by atoms with Crippen LogP contribution in [0, 0.1) is 0 Å². The van der Waals surface area contributed by atoms with Crippen molar-refractivity contribution in [1.29, 1.82) is 0 Å². The minimum atomic E-state index is -0.854. The maximum absolute atomic E-state index is 13.4. The quantitative estimate of drug-likeness (QED) is 0.829. The van der Waals surface area contributed by atoms with Crippen LogP contribution in [0.1, 0.15) is 31.4 Å². The van der Waals surface area contributed by atoms with Crippen LogP contribution >= 0.6 is 0 Å². The van der Waals surface area contributed by atoms with E-state index in [0.29, 0.717) is 6.42 Å². The second-order valence-electron chi connectivity index (χ2n) is 7.40. The van der Waals surface area contributed by atoms with Gasteiger partial charge in [-0.25, -0.2) is 0 Å². The van der Waals surface area contributed by atoms with Crippen LogP contribution in [0.4, 0.5) is 5.69 Å². The summed E-state index contributed by atoms with van der Waals surface area (Å²) in [6.07, 6.45) is 0.697. The van der Waals surface area contributed by atoms with Crippen molar-refractivity contribution in [3.05, 3.63) is 65.7 Å². The summed E-state index contributed by atoms with van der Waals surface area (Å²) in [4.78, 5) is 29.7. The number of hydrogen-bond donors (Lipinski definition) is 0. The smallest absolute Gasteiger partial charge is 0.238 e. The van der Waals surface area contributed by atoms with Gasteiger partial charge in [0.2, 0.25) is 11.8 Å². The predicted molar refractivity (Wildman–Crippen MR) is 104 cm³/mol. The molecular weight excluding hydrogens is 324 g/mol. The van der Waals surface area contributed by atoms with Gasteiger partial charge >= 0.3 is 0 Å². The van der Waals surface area contributed by atoms with E-state index in [9.17, 15) is 9.59 Å². The fourth-order valence-electron chi connectivity index (χ4n) is 3.74. The number of fused-ring (bicyclic) bond motifs is 1. The summed E-state index contributed by atoms with van der Waals surface area (Å²) >= 11 is 0. The van der Waals surface area contributed by atoms with E-state index >= 15 is 0 Å². The Hall–Kier alpha value is -2.62. The van der Waals surface area contributed by atoms with E-state index in [-0.39, 0.29) is 24.3 Å². The minimum absolute atomic E-state index is 0.00520. The molecular formula is C22H26N2O2. The van der Waals surface area contributed by atoms with Crippen LogP contribution in [-0.4, -0.2) is 36.9 Å². The second-order valence-corrected chi connectivity index (χ2v) is 7.40. The van der Waals surface area contributed by atoms with Gasteiger partial charge in [0.15, 0.2) is 0 Å². The molecule has 136 valence electrons. The van der Waals surface area contributed by atoms with E-state index < -0.39 is 5.41 Å². The number of carbonyl (C=O) groups excluding carboxylic acids is 2. The molecule has 0 radical (unpaired) electrons. The summed E-state index contributed by atoms with van der Waals surface area (Å²) in [6.45, 7) is 3.97. The zero-order valence-electron chi connectivity index (χ0n) is 15.9. The average molecular weight is 350 g/mol. The molecule has 2 aromatic rings. The summed E-state index contributed by atoms with van der Waals surface area (Å²) in [5.74, 6) is -0.0116. The Balaban J connectivity index is 2.08. The van der Waals surface area contributed by atoms with Crippen molar-refractivity contribution in [3.63, 3.8) is 0 Å². The molecule has 3 rings (SSSR count). The molecule has 0 N–H and O–H groups in total. The number of amides is 2. The van der Waals surface area contributed by atoms with Gasteiger partial charge in [0.05, 0.1) is 5.41 Å². The number of likely N-dealkylation sites (N-methyl/N-ethyl adjacent to an activating group) is 1. The molecule has 0 bridgehead atoms. The Kier molecular flexibility index (Phi) is 4.86. The lowest BCUT2D eigenvalue weighted by Gasteiger charge is -2.31. The third kappa shape index (κ3) is 3.00. The first-order chi connectivity index (χ1) is 12.4. The molecule has 4 nitrogen and oxygen atoms in total. The maximum atomic E-state index is 13.4. The van der Waals surface area contributed by atoms with Gasteiger partial charge in [0.25, 0.3) is 0 Å². The molecule has 1 atom stereocenters. The second kappa shape index (κ2) is 6.94. The molecule has 0 saturated heterocycles. The largest absolute Gasteiger partial charge is 0.343 e. The molecule has 0 fully saturated rings. The van der Waals surface area contributed by atoms with Crippen molar-refractivity contribution < 1.29 is 9.59 Å². The van der Waals surface area contributed by atoms with Crippen LogP contribution in [-0.2, 0) is 21.4 Å². The first kappa shape index (κ1) is 18.2. The molecule has 0 aromatic heterocycles. The van der Waals surface area contributed by atoms with E-state index in [4.69, 9.17) is 0 Å². The monoisotopic (exact) mass is 350 g/mol. The van der Waals surface area contributed by atoms with E-state index in [1.807, 2.05) is 68.4 Å². The van der Waals surface area contributed by atoms with Crippen LogP contribution in [0.25, 0.3) is 0 Å².